The summed E-state index contributed by atoms with van der Waals surface area (Å²) in [6.07, 6.45) is 3.08. The van der Waals surface area contributed by atoms with Crippen LogP contribution in [-0.4, -0.2) is 43.1 Å². The Morgan fingerprint density at radius 1 is 1.40 bits per heavy atom. The van der Waals surface area contributed by atoms with Crippen LogP contribution in [-0.2, 0) is 0 Å². The van der Waals surface area contributed by atoms with Crippen LogP contribution in [0.3, 0.4) is 0 Å². The molecule has 0 unspecified atom stereocenters. The first-order valence-corrected chi connectivity index (χ1v) is 3.73. The lowest BCUT2D eigenvalue weighted by Gasteiger charge is -2.15. The maximum atomic E-state index is 4.35. The number of hydrogen-bond acceptors (Lipinski definition) is 3. The van der Waals surface area contributed by atoms with Crippen LogP contribution in [0, 0.1) is 0 Å². The summed E-state index contributed by atoms with van der Waals surface area (Å²) in [5.74, 6) is 1.19. The van der Waals surface area contributed by atoms with Crippen LogP contribution in [0.2, 0.25) is 0 Å². The first kappa shape index (κ1) is 5.89. The van der Waals surface area contributed by atoms with Gasteiger partial charge in [-0.25, -0.2) is 0 Å². The Labute approximate surface area is 60.5 Å². The second-order valence-electron chi connectivity index (χ2n) is 2.60. The molecule has 0 bridgehead atoms. The monoisotopic (exact) mass is 137 g/mol. The van der Waals surface area contributed by atoms with Gasteiger partial charge in [-0.05, 0) is 6.42 Å². The molecule has 3 heteroatoms. The normalized spacial score (nSPS) is 24.0. The molecule has 0 radical (unpaired) electrons. The molecule has 54 valence electrons. The summed E-state index contributed by atoms with van der Waals surface area (Å²) in [5, 5.41) is 0. The van der Waals surface area contributed by atoms with Gasteiger partial charge < -0.3 is 4.90 Å². The van der Waals surface area contributed by atoms with Crippen LogP contribution in [0.15, 0.2) is 9.98 Å². The van der Waals surface area contributed by atoms with Crippen LogP contribution in [0.25, 0.3) is 0 Å². The predicted octanol–water partition coefficient (Wildman–Crippen LogP) is 0.175. The summed E-state index contributed by atoms with van der Waals surface area (Å²) >= 11 is 0. The van der Waals surface area contributed by atoms with E-state index in [1.807, 2.05) is 6.21 Å². The first-order chi connectivity index (χ1) is 4.97. The molecule has 0 saturated carbocycles. The Hall–Kier alpha value is -0.860. The van der Waals surface area contributed by atoms with E-state index in [1.54, 1.807) is 0 Å². The smallest absolute Gasteiger partial charge is 0.121 e. The summed E-state index contributed by atoms with van der Waals surface area (Å²) in [4.78, 5) is 10.9. The third-order valence-electron chi connectivity index (χ3n) is 1.92. The maximum absolute atomic E-state index is 4.35. The van der Waals surface area contributed by atoms with Crippen molar-refractivity contribution >= 4 is 12.1 Å². The zero-order chi connectivity index (χ0) is 6.81. The van der Waals surface area contributed by atoms with Crippen molar-refractivity contribution in [2.45, 2.75) is 6.42 Å². The lowest BCUT2D eigenvalue weighted by Crippen LogP contribution is -2.29. The Balaban J connectivity index is 2.13. The minimum atomic E-state index is 0.806. The molecule has 0 amide bonds. The molecular weight excluding hydrogens is 126 g/mol. The minimum absolute atomic E-state index is 0.806. The number of fused-ring (bicyclic) bond motifs is 1. The molecule has 0 saturated heterocycles. The fourth-order valence-corrected chi connectivity index (χ4v) is 1.37. The van der Waals surface area contributed by atoms with E-state index in [0.717, 1.165) is 32.6 Å². The molecule has 0 aromatic rings. The fraction of sp³-hybridized carbons (Fsp3) is 0.714. The van der Waals surface area contributed by atoms with E-state index in [-0.39, 0.29) is 0 Å². The van der Waals surface area contributed by atoms with E-state index >= 15 is 0 Å². The quantitative estimate of drug-likeness (QED) is 0.468. The summed E-state index contributed by atoms with van der Waals surface area (Å²) < 4.78 is 0. The van der Waals surface area contributed by atoms with Gasteiger partial charge >= 0.3 is 0 Å². The van der Waals surface area contributed by atoms with E-state index < -0.39 is 0 Å². The standard InChI is InChI=1S/C7H11N3/c1-2-8-6-7-9-3-5-10(7)4-1/h2H,1,3-6H2. The highest BCUT2D eigenvalue weighted by Crippen LogP contribution is 2.04. The number of nitrogens with zero attached hydrogens (tertiary/aromatic N) is 3. The van der Waals surface area contributed by atoms with Gasteiger partial charge in [0.1, 0.15) is 5.84 Å². The van der Waals surface area contributed by atoms with Gasteiger partial charge in [-0.1, -0.05) is 0 Å². The van der Waals surface area contributed by atoms with E-state index in [0.29, 0.717) is 0 Å². The number of aliphatic imine (C=N–C) groups is 2. The van der Waals surface area contributed by atoms with Gasteiger partial charge in [-0.2, -0.15) is 0 Å². The van der Waals surface area contributed by atoms with E-state index in [9.17, 15) is 0 Å². The lowest BCUT2D eigenvalue weighted by atomic mass is 10.4. The van der Waals surface area contributed by atoms with Crippen molar-refractivity contribution in [3.05, 3.63) is 0 Å². The summed E-state index contributed by atoms with van der Waals surface area (Å²) in [6.45, 7) is 4.01. The van der Waals surface area contributed by atoms with Crippen LogP contribution < -0.4 is 0 Å². The van der Waals surface area contributed by atoms with Gasteiger partial charge in [0.05, 0.1) is 13.1 Å². The Kier molecular flexibility index (Phi) is 1.42. The zero-order valence-corrected chi connectivity index (χ0v) is 5.95. The second kappa shape index (κ2) is 2.40. The molecule has 2 aliphatic heterocycles. The predicted molar refractivity (Wildman–Crippen MR) is 41.9 cm³/mol. The van der Waals surface area contributed by atoms with Gasteiger partial charge in [0.15, 0.2) is 0 Å². The SMILES string of the molecule is C1=NCC2=NCCN2CC1. The van der Waals surface area contributed by atoms with Crippen molar-refractivity contribution < 1.29 is 0 Å². The van der Waals surface area contributed by atoms with Crippen molar-refractivity contribution in [2.24, 2.45) is 9.98 Å². The van der Waals surface area contributed by atoms with Gasteiger partial charge in [0.25, 0.3) is 0 Å². The molecule has 0 aromatic heterocycles. The molecule has 0 spiro atoms. The summed E-state index contributed by atoms with van der Waals surface area (Å²) in [5.41, 5.74) is 0. The molecule has 0 atom stereocenters. The third kappa shape index (κ3) is 0.916. The van der Waals surface area contributed by atoms with Crippen LogP contribution >= 0.6 is 0 Å². The molecule has 0 aromatic carbocycles. The highest BCUT2D eigenvalue weighted by atomic mass is 15.2. The molecule has 0 fully saturated rings. The molecule has 10 heavy (non-hydrogen) atoms. The average molecular weight is 137 g/mol. The maximum Gasteiger partial charge on any atom is 0.121 e. The Bertz CT molecular complexity index is 183. The van der Waals surface area contributed by atoms with E-state index in [4.69, 9.17) is 0 Å². The topological polar surface area (TPSA) is 28.0 Å². The molecule has 2 heterocycles. The van der Waals surface area contributed by atoms with Crippen LogP contribution in [0.5, 0.6) is 0 Å². The van der Waals surface area contributed by atoms with Crippen molar-refractivity contribution in [1.82, 2.24) is 4.90 Å². The Morgan fingerprint density at radius 2 is 2.40 bits per heavy atom. The molecular formula is C7H11N3. The van der Waals surface area contributed by atoms with Crippen LogP contribution in [0.4, 0.5) is 0 Å². The summed E-state index contributed by atoms with van der Waals surface area (Å²) in [6, 6.07) is 0. The number of amidine groups is 1. The molecule has 0 aliphatic carbocycles. The largest absolute Gasteiger partial charge is 0.357 e. The Morgan fingerprint density at radius 3 is 3.40 bits per heavy atom. The van der Waals surface area contributed by atoms with Gasteiger partial charge in [0.2, 0.25) is 0 Å². The van der Waals surface area contributed by atoms with Gasteiger partial charge in [-0.15, -0.1) is 0 Å². The highest BCUT2D eigenvalue weighted by Gasteiger charge is 2.16. The first-order valence-electron chi connectivity index (χ1n) is 3.73. The van der Waals surface area contributed by atoms with Gasteiger partial charge in [0, 0.05) is 19.3 Å². The van der Waals surface area contributed by atoms with Gasteiger partial charge in [-0.3, -0.25) is 9.98 Å². The minimum Gasteiger partial charge on any atom is -0.357 e. The van der Waals surface area contributed by atoms with E-state index in [1.165, 1.54) is 5.84 Å². The second-order valence-corrected chi connectivity index (χ2v) is 2.60. The third-order valence-corrected chi connectivity index (χ3v) is 1.92. The zero-order valence-electron chi connectivity index (χ0n) is 5.95. The fourth-order valence-electron chi connectivity index (χ4n) is 1.37. The number of hydrogen-bond donors (Lipinski definition) is 0. The number of rotatable bonds is 0. The van der Waals surface area contributed by atoms with Crippen molar-refractivity contribution in [3.8, 4) is 0 Å². The van der Waals surface area contributed by atoms with Crippen LogP contribution in [0.1, 0.15) is 6.42 Å². The van der Waals surface area contributed by atoms with Crippen molar-refractivity contribution in [3.63, 3.8) is 0 Å². The lowest BCUT2D eigenvalue weighted by molar-refractivity contribution is 0.471. The molecule has 2 rings (SSSR count). The average Bonchev–Trinajstić information content (AvgIpc) is 2.28. The molecule has 3 nitrogen and oxygen atoms in total. The van der Waals surface area contributed by atoms with Crippen molar-refractivity contribution in [1.29, 1.82) is 0 Å². The molecule has 0 N–H and O–H groups in total. The summed E-state index contributed by atoms with van der Waals surface area (Å²) in [7, 11) is 0. The van der Waals surface area contributed by atoms with E-state index in [2.05, 4.69) is 14.9 Å². The van der Waals surface area contributed by atoms with Crippen molar-refractivity contribution in [2.75, 3.05) is 26.2 Å². The molecule has 2 aliphatic rings. The highest BCUT2D eigenvalue weighted by molar-refractivity contribution is 5.87.